The van der Waals surface area contributed by atoms with E-state index in [1.165, 1.54) is 32.2 Å². The Morgan fingerprint density at radius 1 is 1.38 bits per heavy atom. The van der Waals surface area contributed by atoms with Gasteiger partial charge in [0.25, 0.3) is 0 Å². The minimum absolute atomic E-state index is 0.317. The van der Waals surface area contributed by atoms with Crippen LogP contribution in [-0.4, -0.2) is 42.8 Å². The maximum Gasteiger partial charge on any atom is 0.0674 e. The van der Waals surface area contributed by atoms with E-state index in [1.807, 2.05) is 0 Å². The van der Waals surface area contributed by atoms with Crippen LogP contribution < -0.4 is 5.73 Å². The van der Waals surface area contributed by atoms with Crippen molar-refractivity contribution in [2.24, 2.45) is 23.5 Å². The first kappa shape index (κ1) is 12.3. The van der Waals surface area contributed by atoms with Crippen LogP contribution in [0, 0.1) is 17.8 Å². The van der Waals surface area contributed by atoms with Crippen molar-refractivity contribution in [3.05, 3.63) is 0 Å². The van der Waals surface area contributed by atoms with Gasteiger partial charge in [-0.1, -0.05) is 6.42 Å². The van der Waals surface area contributed by atoms with Crippen molar-refractivity contribution >= 4 is 0 Å². The fourth-order valence-corrected chi connectivity index (χ4v) is 3.58. The molecule has 0 aromatic carbocycles. The second-order valence-electron chi connectivity index (χ2n) is 5.88. The summed E-state index contributed by atoms with van der Waals surface area (Å²) in [6, 6.07) is 0. The normalized spacial score (nSPS) is 34.9. The summed E-state index contributed by atoms with van der Waals surface area (Å²) in [5.41, 5.74) is 5.40. The highest BCUT2D eigenvalue weighted by molar-refractivity contribution is 4.90. The SMILES string of the molecule is CN(CCC(O)CN)CC1CC2CCC1C2. The molecule has 2 rings (SSSR count). The van der Waals surface area contributed by atoms with Gasteiger partial charge in [-0.25, -0.2) is 0 Å². The van der Waals surface area contributed by atoms with Crippen molar-refractivity contribution in [2.45, 2.75) is 38.2 Å². The summed E-state index contributed by atoms with van der Waals surface area (Å²) >= 11 is 0. The Bertz CT molecular complexity index is 222. The molecule has 0 aromatic rings. The Hall–Kier alpha value is -0.120. The van der Waals surface area contributed by atoms with Gasteiger partial charge in [0.05, 0.1) is 6.10 Å². The Morgan fingerprint density at radius 3 is 2.75 bits per heavy atom. The number of fused-ring (bicyclic) bond motifs is 2. The lowest BCUT2D eigenvalue weighted by Gasteiger charge is -2.27. The van der Waals surface area contributed by atoms with Gasteiger partial charge in [0.2, 0.25) is 0 Å². The van der Waals surface area contributed by atoms with Crippen molar-refractivity contribution in [2.75, 3.05) is 26.7 Å². The lowest BCUT2D eigenvalue weighted by atomic mass is 9.88. The van der Waals surface area contributed by atoms with Crippen molar-refractivity contribution in [1.82, 2.24) is 4.90 Å². The van der Waals surface area contributed by atoms with Gasteiger partial charge >= 0.3 is 0 Å². The zero-order valence-electron chi connectivity index (χ0n) is 10.4. The van der Waals surface area contributed by atoms with Crippen LogP contribution in [0.2, 0.25) is 0 Å². The minimum Gasteiger partial charge on any atom is -0.392 e. The summed E-state index contributed by atoms with van der Waals surface area (Å²) in [5, 5.41) is 9.42. The van der Waals surface area contributed by atoms with E-state index in [2.05, 4.69) is 11.9 Å². The smallest absolute Gasteiger partial charge is 0.0674 e. The van der Waals surface area contributed by atoms with Crippen LogP contribution in [0.15, 0.2) is 0 Å². The van der Waals surface area contributed by atoms with E-state index in [4.69, 9.17) is 5.73 Å². The molecule has 3 heteroatoms. The highest BCUT2D eigenvalue weighted by Crippen LogP contribution is 2.48. The third-order valence-electron chi connectivity index (χ3n) is 4.55. The predicted octanol–water partition coefficient (Wildman–Crippen LogP) is 1.06. The van der Waals surface area contributed by atoms with Crippen LogP contribution in [-0.2, 0) is 0 Å². The molecule has 4 unspecified atom stereocenters. The molecule has 0 spiro atoms. The molecule has 0 aromatic heterocycles. The molecule has 2 bridgehead atoms. The monoisotopic (exact) mass is 226 g/mol. The topological polar surface area (TPSA) is 49.5 Å². The van der Waals surface area contributed by atoms with E-state index in [0.29, 0.717) is 6.54 Å². The number of nitrogens with zero attached hydrogens (tertiary/aromatic N) is 1. The van der Waals surface area contributed by atoms with Crippen LogP contribution in [0.1, 0.15) is 32.1 Å². The Morgan fingerprint density at radius 2 is 2.19 bits per heavy atom. The van der Waals surface area contributed by atoms with Gasteiger partial charge in [0.15, 0.2) is 0 Å². The lowest BCUT2D eigenvalue weighted by Crippen LogP contribution is -2.32. The Balaban J connectivity index is 1.65. The fourth-order valence-electron chi connectivity index (χ4n) is 3.58. The summed E-state index contributed by atoms with van der Waals surface area (Å²) in [6.07, 6.45) is 6.39. The third-order valence-corrected chi connectivity index (χ3v) is 4.55. The van der Waals surface area contributed by atoms with Gasteiger partial charge in [-0.2, -0.15) is 0 Å². The summed E-state index contributed by atoms with van der Waals surface area (Å²) in [6.45, 7) is 2.59. The molecule has 94 valence electrons. The number of nitrogens with two attached hydrogens (primary N) is 1. The molecule has 0 amide bonds. The van der Waals surface area contributed by atoms with E-state index in [1.54, 1.807) is 0 Å². The van der Waals surface area contributed by atoms with Gasteiger partial charge in [0, 0.05) is 19.6 Å². The zero-order chi connectivity index (χ0) is 11.5. The Labute approximate surface area is 99.0 Å². The lowest BCUT2D eigenvalue weighted by molar-refractivity contribution is 0.143. The quantitative estimate of drug-likeness (QED) is 0.712. The summed E-state index contributed by atoms with van der Waals surface area (Å²) < 4.78 is 0. The van der Waals surface area contributed by atoms with E-state index in [9.17, 15) is 5.11 Å². The fraction of sp³-hybridized carbons (Fsp3) is 1.00. The number of hydrogen-bond acceptors (Lipinski definition) is 3. The molecule has 16 heavy (non-hydrogen) atoms. The van der Waals surface area contributed by atoms with Crippen LogP contribution in [0.25, 0.3) is 0 Å². The second-order valence-corrected chi connectivity index (χ2v) is 5.88. The molecule has 3 nitrogen and oxygen atoms in total. The minimum atomic E-state index is -0.317. The number of hydrogen-bond donors (Lipinski definition) is 2. The summed E-state index contributed by atoms with van der Waals surface area (Å²) in [7, 11) is 2.18. The maximum atomic E-state index is 9.42. The average molecular weight is 226 g/mol. The van der Waals surface area contributed by atoms with Gasteiger partial charge < -0.3 is 15.7 Å². The van der Waals surface area contributed by atoms with Crippen molar-refractivity contribution in [3.63, 3.8) is 0 Å². The summed E-state index contributed by atoms with van der Waals surface area (Å²) in [4.78, 5) is 2.38. The molecule has 0 saturated heterocycles. The van der Waals surface area contributed by atoms with Crippen LogP contribution in [0.4, 0.5) is 0 Å². The molecule has 3 N–H and O–H groups in total. The number of rotatable bonds is 6. The number of aliphatic hydroxyl groups is 1. The Kier molecular flexibility index (Phi) is 4.22. The molecule has 2 aliphatic rings. The molecule has 2 saturated carbocycles. The molecule has 2 aliphatic carbocycles. The first-order chi connectivity index (χ1) is 7.69. The molecular formula is C13H26N2O. The second kappa shape index (κ2) is 5.48. The van der Waals surface area contributed by atoms with Crippen LogP contribution in [0.5, 0.6) is 0 Å². The van der Waals surface area contributed by atoms with Gasteiger partial charge in [-0.15, -0.1) is 0 Å². The standard InChI is InChI=1S/C13H26N2O/c1-15(5-4-13(16)8-14)9-12-7-10-2-3-11(12)6-10/h10-13,16H,2-9,14H2,1H3. The molecule has 0 aliphatic heterocycles. The van der Waals surface area contributed by atoms with Crippen molar-refractivity contribution < 1.29 is 5.11 Å². The zero-order valence-corrected chi connectivity index (χ0v) is 10.4. The van der Waals surface area contributed by atoms with E-state index in [0.717, 1.165) is 30.7 Å². The highest BCUT2D eigenvalue weighted by atomic mass is 16.3. The van der Waals surface area contributed by atoms with Gasteiger partial charge in [0.1, 0.15) is 0 Å². The van der Waals surface area contributed by atoms with E-state index in [-0.39, 0.29) is 6.10 Å². The van der Waals surface area contributed by atoms with Crippen LogP contribution >= 0.6 is 0 Å². The van der Waals surface area contributed by atoms with Crippen molar-refractivity contribution in [1.29, 1.82) is 0 Å². The van der Waals surface area contributed by atoms with Gasteiger partial charge in [-0.3, -0.25) is 0 Å². The molecule has 0 radical (unpaired) electrons. The molecule has 0 heterocycles. The van der Waals surface area contributed by atoms with E-state index >= 15 is 0 Å². The maximum absolute atomic E-state index is 9.42. The first-order valence-corrected chi connectivity index (χ1v) is 6.75. The molecular weight excluding hydrogens is 200 g/mol. The van der Waals surface area contributed by atoms with Gasteiger partial charge in [-0.05, 0) is 50.5 Å². The van der Waals surface area contributed by atoms with Crippen molar-refractivity contribution in [3.8, 4) is 0 Å². The number of aliphatic hydroxyl groups excluding tert-OH is 1. The highest BCUT2D eigenvalue weighted by Gasteiger charge is 2.39. The predicted molar refractivity (Wildman–Crippen MR) is 66.1 cm³/mol. The van der Waals surface area contributed by atoms with Crippen LogP contribution in [0.3, 0.4) is 0 Å². The first-order valence-electron chi connectivity index (χ1n) is 6.75. The summed E-state index contributed by atoms with van der Waals surface area (Å²) in [5.74, 6) is 2.98. The average Bonchev–Trinajstić information content (AvgIpc) is 2.87. The molecule has 2 fully saturated rings. The largest absolute Gasteiger partial charge is 0.392 e. The van der Waals surface area contributed by atoms with E-state index < -0.39 is 0 Å². The molecule has 4 atom stereocenters. The third kappa shape index (κ3) is 2.96.